The summed E-state index contributed by atoms with van der Waals surface area (Å²) in [6.45, 7) is 4.71. The zero-order valence-corrected chi connectivity index (χ0v) is 16.9. The van der Waals surface area contributed by atoms with Gasteiger partial charge in [-0.05, 0) is 43.7 Å². The van der Waals surface area contributed by atoms with E-state index >= 15 is 0 Å². The van der Waals surface area contributed by atoms with Crippen LogP contribution in [-0.4, -0.2) is 32.4 Å². The molecule has 30 heavy (non-hydrogen) atoms. The minimum Gasteiger partial charge on any atom is -0.490 e. The molecule has 1 aromatic heterocycles. The van der Waals surface area contributed by atoms with E-state index in [0.29, 0.717) is 58.3 Å². The Labute approximate surface area is 173 Å². The molecule has 0 N–H and O–H groups in total. The highest BCUT2D eigenvalue weighted by atomic mass is 16.6. The van der Waals surface area contributed by atoms with Crippen LogP contribution in [-0.2, 0) is 9.53 Å². The molecule has 4 rings (SSSR count). The molecule has 0 spiro atoms. The molecule has 0 atom stereocenters. The monoisotopic (exact) mass is 410 g/mol. The van der Waals surface area contributed by atoms with Gasteiger partial charge in [0.05, 0.1) is 30.8 Å². The van der Waals surface area contributed by atoms with E-state index < -0.39 is 5.97 Å². The summed E-state index contributed by atoms with van der Waals surface area (Å²) in [6, 6.07) is 10.3. The van der Waals surface area contributed by atoms with Crippen LogP contribution in [0.3, 0.4) is 0 Å². The number of carbonyl (C=O) groups excluding carboxylic acids is 1. The number of carbonyl (C=O) groups is 1. The van der Waals surface area contributed by atoms with Crippen LogP contribution in [0.25, 0.3) is 22.1 Å². The van der Waals surface area contributed by atoms with E-state index in [4.69, 9.17) is 23.4 Å². The van der Waals surface area contributed by atoms with Gasteiger partial charge in [-0.1, -0.05) is 6.07 Å². The molecule has 0 radical (unpaired) electrons. The van der Waals surface area contributed by atoms with Crippen LogP contribution in [0.1, 0.15) is 19.1 Å². The van der Waals surface area contributed by atoms with E-state index in [1.54, 1.807) is 32.0 Å². The Morgan fingerprint density at radius 1 is 1.07 bits per heavy atom. The lowest BCUT2D eigenvalue weighted by molar-refractivity contribution is -0.145. The fraction of sp³-hybridized carbons (Fsp3) is 0.304. The Hall–Kier alpha value is -3.48. The van der Waals surface area contributed by atoms with Crippen molar-refractivity contribution in [1.82, 2.24) is 0 Å². The van der Waals surface area contributed by atoms with Gasteiger partial charge in [0, 0.05) is 12.5 Å². The highest BCUT2D eigenvalue weighted by Gasteiger charge is 2.18. The Bertz CT molecular complexity index is 1150. The first-order valence-electron chi connectivity index (χ1n) is 9.82. The Kier molecular flexibility index (Phi) is 5.61. The molecule has 0 aliphatic carbocycles. The molecule has 0 saturated carbocycles. The Morgan fingerprint density at radius 2 is 1.87 bits per heavy atom. The standard InChI is InChI=1S/C23H22O7/c1-3-26-21(24)13-29-16-6-7-17-19(12-16)30-14(2)22(23(17)25)15-5-8-18-20(11-15)28-10-4-9-27-18/h5-8,11-12H,3-4,9-10,13H2,1-2H3. The van der Waals surface area contributed by atoms with E-state index in [1.807, 2.05) is 18.2 Å². The van der Waals surface area contributed by atoms with Gasteiger partial charge in [-0.2, -0.15) is 0 Å². The topological polar surface area (TPSA) is 84.2 Å². The first-order valence-corrected chi connectivity index (χ1v) is 9.82. The van der Waals surface area contributed by atoms with E-state index in [0.717, 1.165) is 6.42 Å². The lowest BCUT2D eigenvalue weighted by atomic mass is 10.0. The molecule has 7 nitrogen and oxygen atoms in total. The predicted molar refractivity (Wildman–Crippen MR) is 110 cm³/mol. The third-order valence-corrected chi connectivity index (χ3v) is 4.74. The Morgan fingerprint density at radius 3 is 2.67 bits per heavy atom. The van der Waals surface area contributed by atoms with Crippen LogP contribution in [0.4, 0.5) is 0 Å². The summed E-state index contributed by atoms with van der Waals surface area (Å²) < 4.78 is 27.6. The largest absolute Gasteiger partial charge is 0.490 e. The van der Waals surface area contributed by atoms with Crippen LogP contribution < -0.4 is 19.6 Å². The van der Waals surface area contributed by atoms with Crippen molar-refractivity contribution in [3.8, 4) is 28.4 Å². The normalized spacial score (nSPS) is 13.0. The minimum absolute atomic E-state index is 0.153. The van der Waals surface area contributed by atoms with Crippen molar-refractivity contribution in [2.24, 2.45) is 0 Å². The molecular formula is C23H22O7. The van der Waals surface area contributed by atoms with Gasteiger partial charge in [-0.25, -0.2) is 4.79 Å². The molecule has 2 aromatic carbocycles. The maximum Gasteiger partial charge on any atom is 0.344 e. The Balaban J connectivity index is 1.69. The maximum atomic E-state index is 13.2. The third-order valence-electron chi connectivity index (χ3n) is 4.74. The van der Waals surface area contributed by atoms with Gasteiger partial charge >= 0.3 is 5.97 Å². The van der Waals surface area contributed by atoms with Gasteiger partial charge in [-0.3, -0.25) is 4.79 Å². The van der Waals surface area contributed by atoms with E-state index in [1.165, 1.54) is 0 Å². The number of esters is 1. The van der Waals surface area contributed by atoms with Gasteiger partial charge in [0.25, 0.3) is 0 Å². The fourth-order valence-corrected chi connectivity index (χ4v) is 3.37. The average Bonchev–Trinajstić information content (AvgIpc) is 2.97. The summed E-state index contributed by atoms with van der Waals surface area (Å²) in [4.78, 5) is 24.7. The van der Waals surface area contributed by atoms with Gasteiger partial charge < -0.3 is 23.4 Å². The number of ether oxygens (including phenoxy) is 4. The molecule has 1 aliphatic heterocycles. The van der Waals surface area contributed by atoms with Crippen molar-refractivity contribution in [3.63, 3.8) is 0 Å². The number of aryl methyl sites for hydroxylation is 1. The minimum atomic E-state index is -0.458. The molecule has 156 valence electrons. The van der Waals surface area contributed by atoms with Gasteiger partial charge in [0.1, 0.15) is 17.1 Å². The lowest BCUT2D eigenvalue weighted by Gasteiger charge is -2.12. The summed E-state index contributed by atoms with van der Waals surface area (Å²) in [5.74, 6) is 1.72. The number of benzene rings is 2. The van der Waals surface area contributed by atoms with Crippen molar-refractivity contribution in [1.29, 1.82) is 0 Å². The average molecular weight is 410 g/mol. The SMILES string of the molecule is CCOC(=O)COc1ccc2c(=O)c(-c3ccc4c(c3)OCCCO4)c(C)oc2c1. The predicted octanol–water partition coefficient (Wildman–Crippen LogP) is 3.87. The summed E-state index contributed by atoms with van der Waals surface area (Å²) in [7, 11) is 0. The summed E-state index contributed by atoms with van der Waals surface area (Å²) in [6.07, 6.45) is 0.807. The molecule has 1 aliphatic rings. The van der Waals surface area contributed by atoms with Crippen molar-refractivity contribution >= 4 is 16.9 Å². The summed E-state index contributed by atoms with van der Waals surface area (Å²) in [5, 5.41) is 0.422. The summed E-state index contributed by atoms with van der Waals surface area (Å²) in [5.41, 5.74) is 1.41. The van der Waals surface area contributed by atoms with Crippen LogP contribution in [0.5, 0.6) is 17.2 Å². The van der Waals surface area contributed by atoms with Crippen molar-refractivity contribution in [2.45, 2.75) is 20.3 Å². The highest BCUT2D eigenvalue weighted by Crippen LogP contribution is 2.35. The first kappa shape index (κ1) is 19.8. The van der Waals surface area contributed by atoms with Crippen molar-refractivity contribution in [2.75, 3.05) is 26.4 Å². The zero-order chi connectivity index (χ0) is 21.1. The van der Waals surface area contributed by atoms with Crippen LogP contribution in [0.2, 0.25) is 0 Å². The number of hydrogen-bond donors (Lipinski definition) is 0. The maximum absolute atomic E-state index is 13.2. The van der Waals surface area contributed by atoms with E-state index in [-0.39, 0.29) is 18.6 Å². The molecular weight excluding hydrogens is 388 g/mol. The number of rotatable bonds is 5. The fourth-order valence-electron chi connectivity index (χ4n) is 3.37. The first-order chi connectivity index (χ1) is 14.6. The molecule has 0 bridgehead atoms. The van der Waals surface area contributed by atoms with Crippen molar-refractivity contribution in [3.05, 3.63) is 52.4 Å². The molecule has 0 unspecified atom stereocenters. The second-order valence-corrected chi connectivity index (χ2v) is 6.83. The summed E-state index contributed by atoms with van der Waals surface area (Å²) >= 11 is 0. The van der Waals surface area contributed by atoms with Gasteiger partial charge in [0.15, 0.2) is 18.1 Å². The quantitative estimate of drug-likeness (QED) is 0.590. The van der Waals surface area contributed by atoms with Crippen molar-refractivity contribution < 1.29 is 28.2 Å². The zero-order valence-electron chi connectivity index (χ0n) is 16.9. The molecule has 0 saturated heterocycles. The van der Waals surface area contributed by atoms with Gasteiger partial charge in [-0.15, -0.1) is 0 Å². The third kappa shape index (κ3) is 3.96. The van der Waals surface area contributed by atoms with Gasteiger partial charge in [0.2, 0.25) is 5.43 Å². The van der Waals surface area contributed by atoms with Crippen LogP contribution >= 0.6 is 0 Å². The smallest absolute Gasteiger partial charge is 0.344 e. The molecule has 0 amide bonds. The number of hydrogen-bond acceptors (Lipinski definition) is 7. The molecule has 7 heteroatoms. The van der Waals surface area contributed by atoms with E-state index in [2.05, 4.69) is 0 Å². The van der Waals surface area contributed by atoms with Crippen LogP contribution in [0.15, 0.2) is 45.6 Å². The lowest BCUT2D eigenvalue weighted by Crippen LogP contribution is -2.14. The number of fused-ring (bicyclic) bond motifs is 2. The second kappa shape index (κ2) is 8.49. The molecule has 3 aromatic rings. The molecule has 0 fully saturated rings. The van der Waals surface area contributed by atoms with Crippen LogP contribution in [0, 0.1) is 6.92 Å². The second-order valence-electron chi connectivity index (χ2n) is 6.83. The molecule has 2 heterocycles. The highest BCUT2D eigenvalue weighted by molar-refractivity contribution is 5.84. The van der Waals surface area contributed by atoms with E-state index in [9.17, 15) is 9.59 Å².